The molecule has 1 heterocycles. The van der Waals surface area contributed by atoms with Crippen LogP contribution < -0.4 is 5.73 Å². The number of hydrogen-bond acceptors (Lipinski definition) is 2. The predicted octanol–water partition coefficient (Wildman–Crippen LogP) is 2.59. The van der Waals surface area contributed by atoms with Crippen LogP contribution in [0.3, 0.4) is 0 Å². The van der Waals surface area contributed by atoms with Crippen molar-refractivity contribution < 1.29 is 13.6 Å². The van der Waals surface area contributed by atoms with Crippen LogP contribution in [0, 0.1) is 17.6 Å². The van der Waals surface area contributed by atoms with E-state index >= 15 is 0 Å². The van der Waals surface area contributed by atoms with E-state index in [4.69, 9.17) is 5.73 Å². The number of nitrogens with two attached hydrogens (primary N) is 1. The van der Waals surface area contributed by atoms with Crippen LogP contribution in [0.15, 0.2) is 18.2 Å². The van der Waals surface area contributed by atoms with Crippen molar-refractivity contribution in [2.24, 2.45) is 11.7 Å². The molecule has 0 radical (unpaired) electrons. The van der Waals surface area contributed by atoms with Gasteiger partial charge in [-0.15, -0.1) is 12.4 Å². The van der Waals surface area contributed by atoms with E-state index in [1.54, 1.807) is 4.90 Å². The maximum atomic E-state index is 13.6. The number of carbonyl (C=O) groups is 1. The van der Waals surface area contributed by atoms with Crippen molar-refractivity contribution in [3.05, 3.63) is 35.4 Å². The Labute approximate surface area is 123 Å². The van der Waals surface area contributed by atoms with E-state index in [1.807, 2.05) is 0 Å². The van der Waals surface area contributed by atoms with E-state index < -0.39 is 17.5 Å². The van der Waals surface area contributed by atoms with Gasteiger partial charge < -0.3 is 10.6 Å². The van der Waals surface area contributed by atoms with Gasteiger partial charge in [0, 0.05) is 19.1 Å². The smallest absolute Gasteiger partial charge is 0.257 e. The molecular formula is C14H19ClF2N2O. The van der Waals surface area contributed by atoms with E-state index in [2.05, 4.69) is 6.92 Å². The summed E-state index contributed by atoms with van der Waals surface area (Å²) in [4.78, 5) is 13.9. The van der Waals surface area contributed by atoms with Crippen LogP contribution in [-0.2, 0) is 0 Å². The Hall–Kier alpha value is -1.20. The van der Waals surface area contributed by atoms with Gasteiger partial charge in [-0.25, -0.2) is 8.78 Å². The van der Waals surface area contributed by atoms with Gasteiger partial charge in [0.1, 0.15) is 11.6 Å². The van der Waals surface area contributed by atoms with Gasteiger partial charge in [0.05, 0.1) is 5.56 Å². The van der Waals surface area contributed by atoms with Crippen LogP contribution in [0.1, 0.15) is 30.1 Å². The summed E-state index contributed by atoms with van der Waals surface area (Å²) in [5.41, 5.74) is 5.46. The highest BCUT2D eigenvalue weighted by Crippen LogP contribution is 2.24. The van der Waals surface area contributed by atoms with Crippen LogP contribution in [0.5, 0.6) is 0 Å². The van der Waals surface area contributed by atoms with Crippen molar-refractivity contribution in [2.45, 2.75) is 25.8 Å². The number of benzene rings is 1. The number of amides is 1. The van der Waals surface area contributed by atoms with Gasteiger partial charge >= 0.3 is 0 Å². The summed E-state index contributed by atoms with van der Waals surface area (Å²) in [6, 6.07) is 2.83. The van der Waals surface area contributed by atoms with Gasteiger partial charge in [0.2, 0.25) is 0 Å². The van der Waals surface area contributed by atoms with Gasteiger partial charge in [-0.3, -0.25) is 4.79 Å². The van der Waals surface area contributed by atoms with E-state index in [1.165, 1.54) is 0 Å². The highest BCUT2D eigenvalue weighted by Gasteiger charge is 2.30. The lowest BCUT2D eigenvalue weighted by Gasteiger charge is -2.38. The molecule has 6 heteroatoms. The highest BCUT2D eigenvalue weighted by atomic mass is 35.5. The number of halogens is 3. The van der Waals surface area contributed by atoms with Crippen molar-refractivity contribution in [1.82, 2.24) is 4.90 Å². The molecule has 112 valence electrons. The lowest BCUT2D eigenvalue weighted by Crippen LogP contribution is -2.49. The molecule has 20 heavy (non-hydrogen) atoms. The second kappa shape index (κ2) is 6.99. The van der Waals surface area contributed by atoms with Crippen LogP contribution in [-0.4, -0.2) is 29.9 Å². The van der Waals surface area contributed by atoms with Gasteiger partial charge in [-0.2, -0.15) is 0 Å². The third kappa shape index (κ3) is 3.46. The molecule has 2 atom stereocenters. The molecule has 1 aliphatic rings. The SMILES string of the molecule is CC1CCN(C(=O)c2cc(F)ccc2F)C(CN)C1.Cl. The van der Waals surface area contributed by atoms with Crippen LogP contribution in [0.4, 0.5) is 8.78 Å². The van der Waals surface area contributed by atoms with Crippen LogP contribution >= 0.6 is 12.4 Å². The minimum absolute atomic E-state index is 0. The second-order valence-electron chi connectivity index (χ2n) is 5.14. The fourth-order valence-electron chi connectivity index (χ4n) is 2.56. The van der Waals surface area contributed by atoms with Gasteiger partial charge in [-0.1, -0.05) is 6.92 Å². The molecule has 1 fully saturated rings. The molecule has 0 spiro atoms. The first kappa shape index (κ1) is 16.9. The van der Waals surface area contributed by atoms with Crippen molar-refractivity contribution >= 4 is 18.3 Å². The number of carbonyl (C=O) groups excluding carboxylic acids is 1. The Balaban J connectivity index is 0.00000200. The van der Waals surface area contributed by atoms with Gasteiger partial charge in [0.25, 0.3) is 5.91 Å². The van der Waals surface area contributed by atoms with Crippen molar-refractivity contribution in [1.29, 1.82) is 0 Å². The molecule has 2 rings (SSSR count). The minimum Gasteiger partial charge on any atom is -0.334 e. The zero-order valence-electron chi connectivity index (χ0n) is 11.3. The molecule has 1 aromatic carbocycles. The lowest BCUT2D eigenvalue weighted by molar-refractivity contribution is 0.0568. The molecular weight excluding hydrogens is 286 g/mol. The Morgan fingerprint density at radius 3 is 2.80 bits per heavy atom. The molecule has 2 unspecified atom stereocenters. The molecule has 1 saturated heterocycles. The molecule has 0 bridgehead atoms. The third-order valence-corrected chi connectivity index (χ3v) is 3.67. The molecule has 2 N–H and O–H groups in total. The third-order valence-electron chi connectivity index (χ3n) is 3.67. The fraction of sp³-hybridized carbons (Fsp3) is 0.500. The van der Waals surface area contributed by atoms with Crippen LogP contribution in [0.2, 0.25) is 0 Å². The summed E-state index contributed by atoms with van der Waals surface area (Å²) in [5.74, 6) is -1.28. The molecule has 0 aromatic heterocycles. The second-order valence-corrected chi connectivity index (χ2v) is 5.14. The Kier molecular flexibility index (Phi) is 5.89. The predicted molar refractivity (Wildman–Crippen MR) is 75.9 cm³/mol. The molecule has 3 nitrogen and oxygen atoms in total. The monoisotopic (exact) mass is 304 g/mol. The molecule has 0 saturated carbocycles. The number of rotatable bonds is 2. The molecule has 1 amide bonds. The first-order valence-corrected chi connectivity index (χ1v) is 6.49. The number of nitrogens with zero attached hydrogens (tertiary/aromatic N) is 1. The first-order chi connectivity index (χ1) is 9.02. The topological polar surface area (TPSA) is 46.3 Å². The summed E-state index contributed by atoms with van der Waals surface area (Å²) >= 11 is 0. The quantitative estimate of drug-likeness (QED) is 0.913. The summed E-state index contributed by atoms with van der Waals surface area (Å²) in [5, 5.41) is 0. The first-order valence-electron chi connectivity index (χ1n) is 6.49. The highest BCUT2D eigenvalue weighted by molar-refractivity contribution is 5.94. The zero-order chi connectivity index (χ0) is 14.0. The average Bonchev–Trinajstić information content (AvgIpc) is 2.40. The van der Waals surface area contributed by atoms with Gasteiger partial charge in [0.15, 0.2) is 0 Å². The normalized spacial score (nSPS) is 22.3. The van der Waals surface area contributed by atoms with Crippen molar-refractivity contribution in [3.63, 3.8) is 0 Å². The lowest BCUT2D eigenvalue weighted by atomic mass is 9.92. The average molecular weight is 305 g/mol. The number of likely N-dealkylation sites (tertiary alicyclic amines) is 1. The van der Waals surface area contributed by atoms with E-state index in [0.29, 0.717) is 19.0 Å². The molecule has 1 aromatic rings. The minimum atomic E-state index is -0.694. The Morgan fingerprint density at radius 2 is 2.15 bits per heavy atom. The molecule has 0 aliphatic carbocycles. The number of piperidine rings is 1. The Bertz CT molecular complexity index is 484. The van der Waals surface area contributed by atoms with Crippen molar-refractivity contribution in [3.8, 4) is 0 Å². The van der Waals surface area contributed by atoms with E-state index in [-0.39, 0.29) is 24.0 Å². The van der Waals surface area contributed by atoms with E-state index in [9.17, 15) is 13.6 Å². The van der Waals surface area contributed by atoms with Gasteiger partial charge in [-0.05, 0) is 37.0 Å². The zero-order valence-corrected chi connectivity index (χ0v) is 12.1. The summed E-state index contributed by atoms with van der Waals surface area (Å²) in [6.45, 7) is 2.98. The fourth-order valence-corrected chi connectivity index (χ4v) is 2.56. The maximum Gasteiger partial charge on any atom is 0.257 e. The largest absolute Gasteiger partial charge is 0.334 e. The Morgan fingerprint density at radius 1 is 1.45 bits per heavy atom. The standard InChI is InChI=1S/C14H18F2N2O.ClH/c1-9-4-5-18(11(6-9)8-17)14(19)12-7-10(15)2-3-13(12)16;/h2-3,7,9,11H,4-6,8,17H2,1H3;1H. The van der Waals surface area contributed by atoms with Crippen LogP contribution in [0.25, 0.3) is 0 Å². The van der Waals surface area contributed by atoms with E-state index in [0.717, 1.165) is 31.0 Å². The summed E-state index contributed by atoms with van der Waals surface area (Å²) < 4.78 is 26.8. The number of hydrogen-bond donors (Lipinski definition) is 1. The summed E-state index contributed by atoms with van der Waals surface area (Å²) in [6.07, 6.45) is 1.67. The van der Waals surface area contributed by atoms with Crippen molar-refractivity contribution in [2.75, 3.05) is 13.1 Å². The summed E-state index contributed by atoms with van der Waals surface area (Å²) in [7, 11) is 0. The maximum absolute atomic E-state index is 13.6. The molecule has 1 aliphatic heterocycles.